The van der Waals surface area contributed by atoms with E-state index in [0.29, 0.717) is 5.39 Å². The Labute approximate surface area is 127 Å². The fraction of sp³-hybridized carbons (Fsp3) is 0.111. The van der Waals surface area contributed by atoms with Gasteiger partial charge in [-0.05, 0) is 22.2 Å². The molecule has 0 spiro atoms. The third-order valence-corrected chi connectivity index (χ3v) is 3.70. The first kappa shape index (κ1) is 14.1. The zero-order valence-electron chi connectivity index (χ0n) is 12.3. The van der Waals surface area contributed by atoms with Gasteiger partial charge < -0.3 is 9.47 Å². The zero-order chi connectivity index (χ0) is 15.7. The van der Waals surface area contributed by atoms with Crippen LogP contribution < -0.4 is 0 Å². The molecule has 0 aromatic heterocycles. The molecule has 22 heavy (non-hydrogen) atoms. The van der Waals surface area contributed by atoms with Gasteiger partial charge in [0.25, 0.3) is 0 Å². The van der Waals surface area contributed by atoms with Gasteiger partial charge in [0, 0.05) is 5.39 Å². The molecule has 3 rings (SSSR count). The SMILES string of the molecule is COC(=O)c1ccc2ccc3ccccc3c2c1C(=O)OC. The van der Waals surface area contributed by atoms with E-state index in [9.17, 15) is 9.59 Å². The molecule has 0 aliphatic rings. The molecule has 0 aliphatic heterocycles. The molecule has 0 bridgehead atoms. The van der Waals surface area contributed by atoms with Gasteiger partial charge in [0.1, 0.15) is 0 Å². The summed E-state index contributed by atoms with van der Waals surface area (Å²) >= 11 is 0. The highest BCUT2D eigenvalue weighted by atomic mass is 16.5. The van der Waals surface area contributed by atoms with Crippen molar-refractivity contribution in [3.63, 3.8) is 0 Å². The highest BCUT2D eigenvalue weighted by Crippen LogP contribution is 2.31. The third kappa shape index (κ3) is 2.09. The highest BCUT2D eigenvalue weighted by molar-refractivity contribution is 6.20. The molecule has 3 aromatic carbocycles. The smallest absolute Gasteiger partial charge is 0.339 e. The normalized spacial score (nSPS) is 10.6. The van der Waals surface area contributed by atoms with E-state index in [0.717, 1.165) is 16.2 Å². The Morgan fingerprint density at radius 1 is 0.773 bits per heavy atom. The average Bonchev–Trinajstić information content (AvgIpc) is 2.59. The van der Waals surface area contributed by atoms with E-state index in [-0.39, 0.29) is 11.1 Å². The number of hydrogen-bond donors (Lipinski definition) is 0. The lowest BCUT2D eigenvalue weighted by atomic mass is 9.94. The molecule has 110 valence electrons. The first-order valence-corrected chi connectivity index (χ1v) is 6.78. The summed E-state index contributed by atoms with van der Waals surface area (Å²) in [4.78, 5) is 24.3. The second-order valence-electron chi connectivity index (χ2n) is 4.86. The second kappa shape index (κ2) is 5.48. The number of ether oxygens (including phenoxy) is 2. The molecule has 0 N–H and O–H groups in total. The van der Waals surface area contributed by atoms with Crippen molar-refractivity contribution < 1.29 is 19.1 Å². The van der Waals surface area contributed by atoms with Gasteiger partial charge in [-0.15, -0.1) is 0 Å². The minimum absolute atomic E-state index is 0.207. The molecule has 4 nitrogen and oxygen atoms in total. The standard InChI is InChI=1S/C18H14O4/c1-21-17(19)14-10-9-12-8-7-11-5-3-4-6-13(11)15(12)16(14)18(20)22-2/h3-10H,1-2H3. The van der Waals surface area contributed by atoms with Gasteiger partial charge in [-0.2, -0.15) is 0 Å². The second-order valence-corrected chi connectivity index (χ2v) is 4.86. The predicted octanol–water partition coefficient (Wildman–Crippen LogP) is 3.57. The molecule has 0 heterocycles. The van der Waals surface area contributed by atoms with E-state index < -0.39 is 11.9 Å². The molecule has 0 saturated carbocycles. The van der Waals surface area contributed by atoms with Crippen molar-refractivity contribution in [2.45, 2.75) is 0 Å². The molecular formula is C18H14O4. The van der Waals surface area contributed by atoms with Crippen molar-refractivity contribution in [3.05, 3.63) is 59.7 Å². The number of benzene rings is 3. The molecule has 0 aliphatic carbocycles. The Morgan fingerprint density at radius 2 is 1.41 bits per heavy atom. The fourth-order valence-corrected chi connectivity index (χ4v) is 2.69. The molecule has 0 unspecified atom stereocenters. The summed E-state index contributed by atoms with van der Waals surface area (Å²) in [5.74, 6) is -1.11. The van der Waals surface area contributed by atoms with E-state index in [1.54, 1.807) is 12.1 Å². The highest BCUT2D eigenvalue weighted by Gasteiger charge is 2.22. The monoisotopic (exact) mass is 294 g/mol. The fourth-order valence-electron chi connectivity index (χ4n) is 2.69. The van der Waals surface area contributed by atoms with Crippen LogP contribution in [0.2, 0.25) is 0 Å². The zero-order valence-corrected chi connectivity index (χ0v) is 12.3. The van der Waals surface area contributed by atoms with Gasteiger partial charge in [0.2, 0.25) is 0 Å². The van der Waals surface area contributed by atoms with Crippen molar-refractivity contribution in [1.29, 1.82) is 0 Å². The van der Waals surface area contributed by atoms with Gasteiger partial charge in [0.15, 0.2) is 0 Å². The predicted molar refractivity (Wildman–Crippen MR) is 84.1 cm³/mol. The Morgan fingerprint density at radius 3 is 2.14 bits per heavy atom. The summed E-state index contributed by atoms with van der Waals surface area (Å²) in [6, 6.07) is 15.0. The summed E-state index contributed by atoms with van der Waals surface area (Å²) in [5.41, 5.74) is 0.446. The van der Waals surface area contributed by atoms with Crippen LogP contribution >= 0.6 is 0 Å². The molecule has 0 amide bonds. The summed E-state index contributed by atoms with van der Waals surface area (Å²) in [6.45, 7) is 0. The van der Waals surface area contributed by atoms with Crippen LogP contribution in [0.15, 0.2) is 48.5 Å². The van der Waals surface area contributed by atoms with E-state index in [4.69, 9.17) is 9.47 Å². The lowest BCUT2D eigenvalue weighted by molar-refractivity contribution is 0.0557. The van der Waals surface area contributed by atoms with Crippen molar-refractivity contribution in [3.8, 4) is 0 Å². The van der Waals surface area contributed by atoms with Gasteiger partial charge in [-0.25, -0.2) is 9.59 Å². The Balaban J connectivity index is 2.52. The lowest BCUT2D eigenvalue weighted by Crippen LogP contribution is -2.12. The number of methoxy groups -OCH3 is 2. The van der Waals surface area contributed by atoms with Crippen LogP contribution in [0, 0.1) is 0 Å². The molecule has 4 heteroatoms. The molecular weight excluding hydrogens is 280 g/mol. The Hall–Kier alpha value is -2.88. The maximum Gasteiger partial charge on any atom is 0.339 e. The first-order chi connectivity index (χ1) is 10.7. The van der Waals surface area contributed by atoms with Crippen molar-refractivity contribution in [2.24, 2.45) is 0 Å². The maximum atomic E-state index is 12.3. The van der Waals surface area contributed by atoms with Gasteiger partial charge in [-0.3, -0.25) is 0 Å². The van der Waals surface area contributed by atoms with E-state index >= 15 is 0 Å². The van der Waals surface area contributed by atoms with Gasteiger partial charge in [0.05, 0.1) is 25.3 Å². The molecule has 0 saturated heterocycles. The van der Waals surface area contributed by atoms with E-state index in [1.807, 2.05) is 36.4 Å². The van der Waals surface area contributed by atoms with Crippen LogP contribution in [0.5, 0.6) is 0 Å². The van der Waals surface area contributed by atoms with Crippen LogP contribution in [0.25, 0.3) is 21.5 Å². The average molecular weight is 294 g/mol. The maximum absolute atomic E-state index is 12.3. The summed E-state index contributed by atoms with van der Waals surface area (Å²) in [5, 5.41) is 3.45. The summed E-state index contributed by atoms with van der Waals surface area (Å²) < 4.78 is 9.67. The van der Waals surface area contributed by atoms with E-state index in [2.05, 4.69) is 0 Å². The number of rotatable bonds is 2. The molecule has 3 aromatic rings. The van der Waals surface area contributed by atoms with Crippen LogP contribution in [0.1, 0.15) is 20.7 Å². The summed E-state index contributed by atoms with van der Waals surface area (Å²) in [7, 11) is 2.59. The van der Waals surface area contributed by atoms with Crippen molar-refractivity contribution >= 4 is 33.5 Å². The lowest BCUT2D eigenvalue weighted by Gasteiger charge is -2.12. The molecule has 0 atom stereocenters. The van der Waals surface area contributed by atoms with Crippen LogP contribution in [-0.4, -0.2) is 26.2 Å². The van der Waals surface area contributed by atoms with E-state index in [1.165, 1.54) is 14.2 Å². The minimum atomic E-state index is -0.560. The summed E-state index contributed by atoms with van der Waals surface area (Å²) in [6.07, 6.45) is 0. The number of hydrogen-bond acceptors (Lipinski definition) is 4. The number of carbonyl (C=O) groups is 2. The number of esters is 2. The minimum Gasteiger partial charge on any atom is -0.465 e. The van der Waals surface area contributed by atoms with Crippen LogP contribution in [0.4, 0.5) is 0 Å². The van der Waals surface area contributed by atoms with Crippen molar-refractivity contribution in [1.82, 2.24) is 0 Å². The number of carbonyl (C=O) groups excluding carboxylic acids is 2. The third-order valence-electron chi connectivity index (χ3n) is 3.70. The topological polar surface area (TPSA) is 52.6 Å². The van der Waals surface area contributed by atoms with Crippen molar-refractivity contribution in [2.75, 3.05) is 14.2 Å². The van der Waals surface area contributed by atoms with Crippen LogP contribution in [-0.2, 0) is 9.47 Å². The van der Waals surface area contributed by atoms with Crippen LogP contribution in [0.3, 0.4) is 0 Å². The number of fused-ring (bicyclic) bond motifs is 3. The Kier molecular flexibility index (Phi) is 3.51. The van der Waals surface area contributed by atoms with Gasteiger partial charge >= 0.3 is 11.9 Å². The molecule has 0 fully saturated rings. The molecule has 0 radical (unpaired) electrons. The van der Waals surface area contributed by atoms with Gasteiger partial charge in [-0.1, -0.05) is 42.5 Å². The largest absolute Gasteiger partial charge is 0.465 e. The first-order valence-electron chi connectivity index (χ1n) is 6.78. The quantitative estimate of drug-likeness (QED) is 0.535. The Bertz CT molecular complexity index is 896.